The number of carbonyl (C=O) groups excluding carboxylic acids is 1. The highest BCUT2D eigenvalue weighted by Crippen LogP contribution is 2.34. The summed E-state index contributed by atoms with van der Waals surface area (Å²) in [6.07, 6.45) is 4.45. The monoisotopic (exact) mass is 433 g/mol. The molecule has 0 bridgehead atoms. The number of fused-ring (bicyclic) bond motifs is 3. The molecular weight excluding hydrogens is 402 g/mol. The summed E-state index contributed by atoms with van der Waals surface area (Å²) in [6.45, 7) is 4.62. The van der Waals surface area contributed by atoms with Gasteiger partial charge in [0.1, 0.15) is 17.1 Å². The second-order valence-corrected chi connectivity index (χ2v) is 8.85. The molecular formula is C26H31N3O3. The number of hydrogen-bond acceptors (Lipinski definition) is 5. The lowest BCUT2D eigenvalue weighted by molar-refractivity contribution is -0.123. The summed E-state index contributed by atoms with van der Waals surface area (Å²) in [5, 5.41) is 4.14. The van der Waals surface area contributed by atoms with Crippen molar-refractivity contribution in [3.05, 3.63) is 59.4 Å². The van der Waals surface area contributed by atoms with Crippen LogP contribution < -0.4 is 15.0 Å². The Hall–Kier alpha value is -2.99. The van der Waals surface area contributed by atoms with Gasteiger partial charge in [-0.15, -0.1) is 0 Å². The van der Waals surface area contributed by atoms with Gasteiger partial charge in [0.15, 0.2) is 6.61 Å². The Balaban J connectivity index is 1.18. The normalized spacial score (nSPS) is 16.7. The van der Waals surface area contributed by atoms with Crippen LogP contribution in [0.3, 0.4) is 0 Å². The third-order valence-corrected chi connectivity index (χ3v) is 6.61. The number of furan rings is 1. The Morgan fingerprint density at radius 1 is 1.06 bits per heavy atom. The molecule has 6 heteroatoms. The van der Waals surface area contributed by atoms with Crippen molar-refractivity contribution >= 4 is 22.6 Å². The van der Waals surface area contributed by atoms with Gasteiger partial charge in [-0.05, 0) is 56.1 Å². The van der Waals surface area contributed by atoms with Crippen molar-refractivity contribution in [1.82, 2.24) is 10.2 Å². The van der Waals surface area contributed by atoms with Gasteiger partial charge >= 0.3 is 0 Å². The minimum Gasteiger partial charge on any atom is -0.484 e. The van der Waals surface area contributed by atoms with Gasteiger partial charge in [-0.1, -0.05) is 18.2 Å². The summed E-state index contributed by atoms with van der Waals surface area (Å²) in [4.78, 5) is 17.2. The number of nitrogens with one attached hydrogen (secondary N) is 1. The van der Waals surface area contributed by atoms with Crippen LogP contribution in [0.25, 0.3) is 11.0 Å². The topological polar surface area (TPSA) is 58.0 Å². The van der Waals surface area contributed by atoms with Crippen LogP contribution in [-0.4, -0.2) is 50.6 Å². The van der Waals surface area contributed by atoms with Gasteiger partial charge in [-0.3, -0.25) is 4.79 Å². The Morgan fingerprint density at radius 3 is 2.75 bits per heavy atom. The number of aryl methyl sites for hydroxylation is 2. The molecule has 2 aromatic carbocycles. The smallest absolute Gasteiger partial charge is 0.258 e. The van der Waals surface area contributed by atoms with Crippen LogP contribution in [0.1, 0.15) is 29.7 Å². The number of benzene rings is 2. The quantitative estimate of drug-likeness (QED) is 0.642. The van der Waals surface area contributed by atoms with Crippen molar-refractivity contribution in [3.8, 4) is 5.75 Å². The van der Waals surface area contributed by atoms with Crippen molar-refractivity contribution in [2.75, 3.05) is 44.7 Å². The largest absolute Gasteiger partial charge is 0.484 e. The zero-order chi connectivity index (χ0) is 21.9. The molecule has 0 spiro atoms. The number of carbonyl (C=O) groups is 1. The van der Waals surface area contributed by atoms with E-state index in [-0.39, 0.29) is 12.5 Å². The summed E-state index contributed by atoms with van der Waals surface area (Å²) >= 11 is 0. The van der Waals surface area contributed by atoms with E-state index in [0.29, 0.717) is 12.3 Å². The average Bonchev–Trinajstić information content (AvgIpc) is 3.20. The Bertz CT molecular complexity index is 1100. The van der Waals surface area contributed by atoms with Gasteiger partial charge < -0.3 is 24.3 Å². The van der Waals surface area contributed by atoms with Crippen LogP contribution in [-0.2, 0) is 24.2 Å². The van der Waals surface area contributed by atoms with Gasteiger partial charge in [0.25, 0.3) is 5.91 Å². The first-order chi connectivity index (χ1) is 15.7. The molecule has 32 heavy (non-hydrogen) atoms. The molecule has 1 fully saturated rings. The fraction of sp³-hybridized carbons (Fsp3) is 0.423. The number of hydrogen-bond donors (Lipinski definition) is 1. The molecule has 0 atom stereocenters. The highest BCUT2D eigenvalue weighted by molar-refractivity contribution is 5.84. The molecule has 1 saturated heterocycles. The fourth-order valence-corrected chi connectivity index (χ4v) is 4.74. The first-order valence-corrected chi connectivity index (χ1v) is 11.6. The maximum Gasteiger partial charge on any atom is 0.258 e. The minimum atomic E-state index is -0.118. The van der Waals surface area contributed by atoms with Gasteiger partial charge in [0.2, 0.25) is 0 Å². The van der Waals surface area contributed by atoms with Gasteiger partial charge in [0.05, 0.1) is 0 Å². The SMILES string of the molecule is CN1CCN(c2ccccc2CNC(=O)COc2ccc3oc4c(c3c2)CCCC4)CC1. The van der Waals surface area contributed by atoms with Crippen molar-refractivity contribution in [3.63, 3.8) is 0 Å². The lowest BCUT2D eigenvalue weighted by Gasteiger charge is -2.35. The Kier molecular flexibility index (Phi) is 6.04. The minimum absolute atomic E-state index is 0.00221. The van der Waals surface area contributed by atoms with Crippen molar-refractivity contribution in [1.29, 1.82) is 0 Å². The maximum absolute atomic E-state index is 12.5. The third kappa shape index (κ3) is 4.46. The van der Waals surface area contributed by atoms with E-state index in [0.717, 1.165) is 61.3 Å². The number of para-hydroxylation sites is 1. The number of piperazine rings is 1. The summed E-state index contributed by atoms with van der Waals surface area (Å²) in [5.74, 6) is 1.70. The van der Waals surface area contributed by atoms with E-state index in [1.165, 1.54) is 24.1 Å². The van der Waals surface area contributed by atoms with Crippen LogP contribution in [0.5, 0.6) is 5.75 Å². The predicted molar refractivity (Wildman–Crippen MR) is 126 cm³/mol. The van der Waals surface area contributed by atoms with E-state index in [2.05, 4.69) is 40.4 Å². The zero-order valence-corrected chi connectivity index (χ0v) is 18.7. The van der Waals surface area contributed by atoms with E-state index in [4.69, 9.17) is 9.15 Å². The summed E-state index contributed by atoms with van der Waals surface area (Å²) < 4.78 is 11.8. The molecule has 1 N–H and O–H groups in total. The molecule has 6 nitrogen and oxygen atoms in total. The van der Waals surface area contributed by atoms with Crippen LogP contribution >= 0.6 is 0 Å². The molecule has 1 aliphatic heterocycles. The number of likely N-dealkylation sites (N-methyl/N-ethyl adjacent to an activating group) is 1. The second kappa shape index (κ2) is 9.25. The zero-order valence-electron chi connectivity index (χ0n) is 18.7. The maximum atomic E-state index is 12.5. The predicted octanol–water partition coefficient (Wildman–Crippen LogP) is 3.76. The lowest BCUT2D eigenvalue weighted by Crippen LogP contribution is -2.45. The van der Waals surface area contributed by atoms with Crippen molar-refractivity contribution in [2.45, 2.75) is 32.2 Å². The highest BCUT2D eigenvalue weighted by Gasteiger charge is 2.19. The molecule has 3 aromatic rings. The molecule has 5 rings (SSSR count). The number of nitrogens with zero attached hydrogens (tertiary/aromatic N) is 2. The van der Waals surface area contributed by atoms with Gasteiger partial charge in [0, 0.05) is 55.8 Å². The van der Waals surface area contributed by atoms with E-state index in [1.54, 1.807) is 0 Å². The fourth-order valence-electron chi connectivity index (χ4n) is 4.74. The van der Waals surface area contributed by atoms with Crippen molar-refractivity contribution < 1.29 is 13.9 Å². The standard InChI is InChI=1S/C26H31N3O3/c1-28-12-14-29(15-13-28)23-8-4-2-6-19(23)17-27-26(30)18-31-20-10-11-25-22(16-20)21-7-3-5-9-24(21)32-25/h2,4,6,8,10-11,16H,3,5,7,9,12-15,17-18H2,1H3,(H,27,30). The Morgan fingerprint density at radius 2 is 1.88 bits per heavy atom. The Labute approximate surface area is 189 Å². The number of ether oxygens (including phenoxy) is 1. The summed E-state index contributed by atoms with van der Waals surface area (Å²) in [5.41, 5.74) is 4.56. The van der Waals surface area contributed by atoms with E-state index in [1.807, 2.05) is 24.3 Å². The molecule has 1 aromatic heterocycles. The van der Waals surface area contributed by atoms with Crippen LogP contribution in [0, 0.1) is 0 Å². The second-order valence-electron chi connectivity index (χ2n) is 8.85. The average molecular weight is 434 g/mol. The van der Waals surface area contributed by atoms with Crippen LogP contribution in [0.4, 0.5) is 5.69 Å². The van der Waals surface area contributed by atoms with Crippen LogP contribution in [0.15, 0.2) is 46.9 Å². The van der Waals surface area contributed by atoms with E-state index in [9.17, 15) is 4.79 Å². The van der Waals surface area contributed by atoms with E-state index < -0.39 is 0 Å². The molecule has 1 amide bonds. The third-order valence-electron chi connectivity index (χ3n) is 6.61. The molecule has 0 saturated carbocycles. The van der Waals surface area contributed by atoms with Gasteiger partial charge in [-0.25, -0.2) is 0 Å². The first kappa shape index (κ1) is 20.9. The summed E-state index contributed by atoms with van der Waals surface area (Å²) in [7, 11) is 2.16. The molecule has 1 aliphatic carbocycles. The number of anilines is 1. The lowest BCUT2D eigenvalue weighted by atomic mass is 9.96. The van der Waals surface area contributed by atoms with Crippen LogP contribution in [0.2, 0.25) is 0 Å². The molecule has 2 aliphatic rings. The summed E-state index contributed by atoms with van der Waals surface area (Å²) in [6, 6.07) is 14.2. The molecule has 0 unspecified atom stereocenters. The number of rotatable bonds is 6. The van der Waals surface area contributed by atoms with Gasteiger partial charge in [-0.2, -0.15) is 0 Å². The molecule has 2 heterocycles. The first-order valence-electron chi connectivity index (χ1n) is 11.6. The van der Waals surface area contributed by atoms with Crippen molar-refractivity contribution in [2.24, 2.45) is 0 Å². The van der Waals surface area contributed by atoms with E-state index >= 15 is 0 Å². The highest BCUT2D eigenvalue weighted by atomic mass is 16.5. The molecule has 0 radical (unpaired) electrons. The molecule has 168 valence electrons. The number of amides is 1.